The number of halogens is 3. The molecule has 0 heterocycles. The molecule has 110 valence electrons. The van der Waals surface area contributed by atoms with Gasteiger partial charge in [-0.15, -0.1) is 0 Å². The maximum Gasteiger partial charge on any atom is 0.332 e. The minimum atomic E-state index is -3.98. The first kappa shape index (κ1) is 16.2. The second-order valence-electron chi connectivity index (χ2n) is 3.99. The largest absolute Gasteiger partial charge is 0.376 e. The molecule has 0 aromatic heterocycles. The lowest BCUT2D eigenvalue weighted by Crippen LogP contribution is -2.06. The Labute approximate surface area is 137 Å². The van der Waals surface area contributed by atoms with Gasteiger partial charge in [-0.1, -0.05) is 65.1 Å². The first-order valence-corrected chi connectivity index (χ1v) is 8.30. The van der Waals surface area contributed by atoms with Crippen molar-refractivity contribution in [3.8, 4) is 5.75 Å². The van der Waals surface area contributed by atoms with Gasteiger partial charge >= 0.3 is 10.1 Å². The van der Waals surface area contributed by atoms with Crippen LogP contribution in [0.15, 0.2) is 47.9 Å². The monoisotopic (exact) mass is 362 g/mol. The second-order valence-corrected chi connectivity index (χ2v) is 6.66. The Kier molecular flexibility index (Phi) is 5.17. The van der Waals surface area contributed by atoms with E-state index in [1.165, 1.54) is 18.2 Å². The molecule has 0 unspecified atom stereocenters. The Morgan fingerprint density at radius 1 is 0.952 bits per heavy atom. The van der Waals surface area contributed by atoms with Crippen LogP contribution >= 0.6 is 34.8 Å². The van der Waals surface area contributed by atoms with E-state index in [9.17, 15) is 8.42 Å². The van der Waals surface area contributed by atoms with Gasteiger partial charge in [-0.3, -0.25) is 0 Å². The SMILES string of the molecule is O=S(=O)(/C=C/c1ccccc1)Oc1c(Cl)cc(Cl)cc1Cl. The van der Waals surface area contributed by atoms with Crippen molar-refractivity contribution in [3.63, 3.8) is 0 Å². The average Bonchev–Trinajstić information content (AvgIpc) is 2.42. The number of hydrogen-bond donors (Lipinski definition) is 0. The van der Waals surface area contributed by atoms with Gasteiger partial charge in [-0.2, -0.15) is 8.42 Å². The maximum atomic E-state index is 11.9. The summed E-state index contributed by atoms with van der Waals surface area (Å²) >= 11 is 17.5. The van der Waals surface area contributed by atoms with Gasteiger partial charge in [0, 0.05) is 5.02 Å². The van der Waals surface area contributed by atoms with Crippen LogP contribution in [0, 0.1) is 0 Å². The molecule has 2 aromatic carbocycles. The van der Waals surface area contributed by atoms with Gasteiger partial charge in [0.2, 0.25) is 0 Å². The van der Waals surface area contributed by atoms with Crippen molar-refractivity contribution in [1.82, 2.24) is 0 Å². The topological polar surface area (TPSA) is 43.4 Å². The van der Waals surface area contributed by atoms with Crippen LogP contribution in [0.5, 0.6) is 5.75 Å². The van der Waals surface area contributed by atoms with Crippen LogP contribution in [0.4, 0.5) is 0 Å². The Morgan fingerprint density at radius 3 is 2.10 bits per heavy atom. The molecule has 0 aliphatic rings. The first-order valence-electron chi connectivity index (χ1n) is 5.69. The van der Waals surface area contributed by atoms with Crippen molar-refractivity contribution >= 4 is 51.0 Å². The van der Waals surface area contributed by atoms with E-state index >= 15 is 0 Å². The molecule has 7 heteroatoms. The fourth-order valence-corrected chi connectivity index (χ4v) is 3.26. The van der Waals surface area contributed by atoms with Crippen molar-refractivity contribution in [2.24, 2.45) is 0 Å². The smallest absolute Gasteiger partial charge is 0.332 e. The van der Waals surface area contributed by atoms with Crippen LogP contribution in [0.2, 0.25) is 15.1 Å². The van der Waals surface area contributed by atoms with E-state index in [0.717, 1.165) is 11.0 Å². The summed E-state index contributed by atoms with van der Waals surface area (Å²) in [6.45, 7) is 0. The van der Waals surface area contributed by atoms with Gasteiger partial charge in [0.05, 0.1) is 15.5 Å². The van der Waals surface area contributed by atoms with E-state index in [2.05, 4.69) is 0 Å². The van der Waals surface area contributed by atoms with Crippen LogP contribution in [-0.2, 0) is 10.1 Å². The molecule has 0 N–H and O–H groups in total. The van der Waals surface area contributed by atoms with Crippen LogP contribution in [0.1, 0.15) is 5.56 Å². The van der Waals surface area contributed by atoms with Gasteiger partial charge < -0.3 is 4.18 Å². The van der Waals surface area contributed by atoms with Crippen LogP contribution in [0.25, 0.3) is 6.08 Å². The van der Waals surface area contributed by atoms with E-state index in [1.54, 1.807) is 24.3 Å². The normalized spacial score (nSPS) is 11.8. The molecule has 0 saturated carbocycles. The van der Waals surface area contributed by atoms with Gasteiger partial charge in [-0.05, 0) is 23.8 Å². The minimum absolute atomic E-state index is 0.0178. The molecular formula is C14H9Cl3O3S. The molecule has 2 rings (SSSR count). The molecule has 0 aliphatic heterocycles. The molecule has 0 radical (unpaired) electrons. The number of hydrogen-bond acceptors (Lipinski definition) is 3. The average molecular weight is 364 g/mol. The van der Waals surface area contributed by atoms with Crippen molar-refractivity contribution in [3.05, 3.63) is 68.5 Å². The fourth-order valence-electron chi connectivity index (χ4n) is 1.48. The summed E-state index contributed by atoms with van der Waals surface area (Å²) in [4.78, 5) is 0. The number of benzene rings is 2. The van der Waals surface area contributed by atoms with Crippen molar-refractivity contribution in [2.75, 3.05) is 0 Å². The van der Waals surface area contributed by atoms with E-state index in [-0.39, 0.29) is 20.8 Å². The lowest BCUT2D eigenvalue weighted by molar-refractivity contribution is 0.497. The highest BCUT2D eigenvalue weighted by Gasteiger charge is 2.16. The van der Waals surface area contributed by atoms with Crippen LogP contribution < -0.4 is 4.18 Å². The Morgan fingerprint density at radius 2 is 1.52 bits per heavy atom. The van der Waals surface area contributed by atoms with Gasteiger partial charge in [0.1, 0.15) is 0 Å². The molecule has 0 aliphatic carbocycles. The van der Waals surface area contributed by atoms with E-state index in [1.807, 2.05) is 6.07 Å². The molecule has 0 bridgehead atoms. The predicted octanol–water partition coefficient (Wildman–Crippen LogP) is 5.03. The zero-order chi connectivity index (χ0) is 15.5. The van der Waals surface area contributed by atoms with Gasteiger partial charge in [0.25, 0.3) is 0 Å². The Bertz CT molecular complexity index is 748. The third kappa shape index (κ3) is 4.64. The molecule has 0 saturated heterocycles. The van der Waals surface area contributed by atoms with Gasteiger partial charge in [-0.25, -0.2) is 0 Å². The van der Waals surface area contributed by atoms with Crippen LogP contribution in [0.3, 0.4) is 0 Å². The molecular weight excluding hydrogens is 355 g/mol. The maximum absolute atomic E-state index is 11.9. The van der Waals surface area contributed by atoms with Crippen molar-refractivity contribution < 1.29 is 12.6 Å². The summed E-state index contributed by atoms with van der Waals surface area (Å²) in [5, 5.41) is 1.26. The van der Waals surface area contributed by atoms with Crippen molar-refractivity contribution in [1.29, 1.82) is 0 Å². The zero-order valence-electron chi connectivity index (χ0n) is 10.5. The van der Waals surface area contributed by atoms with Crippen LogP contribution in [-0.4, -0.2) is 8.42 Å². The van der Waals surface area contributed by atoms with Gasteiger partial charge in [0.15, 0.2) is 5.75 Å². The third-order valence-electron chi connectivity index (χ3n) is 2.39. The molecule has 0 amide bonds. The highest BCUT2D eigenvalue weighted by atomic mass is 35.5. The molecule has 21 heavy (non-hydrogen) atoms. The minimum Gasteiger partial charge on any atom is -0.376 e. The predicted molar refractivity (Wildman–Crippen MR) is 86.5 cm³/mol. The molecule has 0 atom stereocenters. The van der Waals surface area contributed by atoms with E-state index < -0.39 is 10.1 Å². The fraction of sp³-hybridized carbons (Fsp3) is 0. The second kappa shape index (κ2) is 6.71. The summed E-state index contributed by atoms with van der Waals surface area (Å²) in [5.41, 5.74) is 0.720. The zero-order valence-corrected chi connectivity index (χ0v) is 13.5. The summed E-state index contributed by atoms with van der Waals surface area (Å²) in [6, 6.07) is 11.6. The first-order chi connectivity index (χ1) is 9.87. The summed E-state index contributed by atoms with van der Waals surface area (Å²) in [5.74, 6) is -0.152. The molecule has 2 aromatic rings. The molecule has 3 nitrogen and oxygen atoms in total. The summed E-state index contributed by atoms with van der Waals surface area (Å²) < 4.78 is 28.7. The Hall–Kier alpha value is -1.20. The summed E-state index contributed by atoms with van der Waals surface area (Å²) in [7, 11) is -3.98. The lowest BCUT2D eigenvalue weighted by atomic mass is 10.2. The summed E-state index contributed by atoms with van der Waals surface area (Å²) in [6.07, 6.45) is 1.41. The lowest BCUT2D eigenvalue weighted by Gasteiger charge is -2.08. The van der Waals surface area contributed by atoms with E-state index in [0.29, 0.717) is 0 Å². The molecule has 0 spiro atoms. The molecule has 0 fully saturated rings. The Balaban J connectivity index is 2.25. The highest BCUT2D eigenvalue weighted by molar-refractivity contribution is 7.90. The van der Waals surface area contributed by atoms with Crippen molar-refractivity contribution in [2.45, 2.75) is 0 Å². The quantitative estimate of drug-likeness (QED) is 0.716. The van der Waals surface area contributed by atoms with E-state index in [4.69, 9.17) is 39.0 Å². The standard InChI is InChI=1S/C14H9Cl3O3S/c15-11-8-12(16)14(13(17)9-11)20-21(18,19)7-6-10-4-2-1-3-5-10/h1-9H/b7-6+. The number of rotatable bonds is 4. The third-order valence-corrected chi connectivity index (χ3v) is 4.04. The highest BCUT2D eigenvalue weighted by Crippen LogP contribution is 2.36.